The van der Waals surface area contributed by atoms with Gasteiger partial charge in [-0.2, -0.15) is 0 Å². The maximum Gasteiger partial charge on any atom is 0.215 e. The maximum absolute atomic E-state index is 8.91. The molecule has 1 aromatic carbocycles. The SMILES string of the molecule is Cc1ccccc1-c1cc(N2CC3CCC(C2)N3c2ccnc(OC3CC(Oc4ccc(C=CCO)nc4)C3)c2)c(N)nn1. The smallest absolute Gasteiger partial charge is 0.215 e. The second-order valence-electron chi connectivity index (χ2n) is 11.8. The normalized spacial score (nSPS) is 22.7. The number of rotatable bonds is 9. The van der Waals surface area contributed by atoms with Crippen LogP contribution in [0.25, 0.3) is 17.3 Å². The van der Waals surface area contributed by atoms with E-state index in [4.69, 9.17) is 20.3 Å². The quantitative estimate of drug-likeness (QED) is 0.284. The summed E-state index contributed by atoms with van der Waals surface area (Å²) in [5.41, 5.74) is 12.4. The summed E-state index contributed by atoms with van der Waals surface area (Å²) in [4.78, 5) is 13.8. The van der Waals surface area contributed by atoms with E-state index >= 15 is 0 Å². The van der Waals surface area contributed by atoms with Crippen molar-refractivity contribution < 1.29 is 14.6 Å². The molecule has 2 saturated heterocycles. The summed E-state index contributed by atoms with van der Waals surface area (Å²) in [5.74, 6) is 1.86. The minimum atomic E-state index is -0.00513. The first-order valence-electron chi connectivity index (χ1n) is 15.3. The van der Waals surface area contributed by atoms with Gasteiger partial charge in [-0.05, 0) is 55.7 Å². The molecule has 3 fully saturated rings. The predicted octanol–water partition coefficient (Wildman–Crippen LogP) is 4.68. The number of aliphatic hydroxyl groups excluding tert-OH is 1. The van der Waals surface area contributed by atoms with E-state index in [2.05, 4.69) is 67.2 Å². The van der Waals surface area contributed by atoms with E-state index in [1.807, 2.05) is 30.5 Å². The number of piperazine rings is 1. The van der Waals surface area contributed by atoms with Gasteiger partial charge in [0.05, 0.1) is 29.9 Å². The molecule has 4 aromatic rings. The Kier molecular flexibility index (Phi) is 7.74. The highest BCUT2D eigenvalue weighted by Crippen LogP contribution is 2.39. The summed E-state index contributed by atoms with van der Waals surface area (Å²) in [6, 6.07) is 19.0. The van der Waals surface area contributed by atoms with Crippen LogP contribution in [0.1, 0.15) is 36.9 Å². The molecule has 10 nitrogen and oxygen atoms in total. The van der Waals surface area contributed by atoms with Gasteiger partial charge >= 0.3 is 0 Å². The molecule has 226 valence electrons. The van der Waals surface area contributed by atoms with Crippen LogP contribution in [0.4, 0.5) is 17.2 Å². The molecule has 3 N–H and O–H groups in total. The number of nitrogens with zero attached hydrogens (tertiary/aromatic N) is 6. The molecule has 2 unspecified atom stereocenters. The number of ether oxygens (including phenoxy) is 2. The van der Waals surface area contributed by atoms with E-state index < -0.39 is 0 Å². The molecule has 0 spiro atoms. The van der Waals surface area contributed by atoms with Gasteiger partial charge in [-0.3, -0.25) is 4.98 Å². The number of fused-ring (bicyclic) bond motifs is 2. The lowest BCUT2D eigenvalue weighted by molar-refractivity contribution is 0.00210. The Morgan fingerprint density at radius 1 is 0.955 bits per heavy atom. The van der Waals surface area contributed by atoms with Crippen LogP contribution in [0.15, 0.2) is 73.1 Å². The van der Waals surface area contributed by atoms with E-state index in [0.29, 0.717) is 23.8 Å². The third-order valence-electron chi connectivity index (χ3n) is 8.86. The maximum atomic E-state index is 8.91. The number of nitrogen functional groups attached to an aromatic ring is 1. The third kappa shape index (κ3) is 5.77. The monoisotopic (exact) mass is 591 g/mol. The molecule has 10 heteroatoms. The lowest BCUT2D eigenvalue weighted by Crippen LogP contribution is -2.54. The van der Waals surface area contributed by atoms with Crippen molar-refractivity contribution in [2.24, 2.45) is 0 Å². The molecule has 1 aliphatic carbocycles. The molecule has 44 heavy (non-hydrogen) atoms. The van der Waals surface area contributed by atoms with E-state index in [-0.39, 0.29) is 18.8 Å². The zero-order valence-corrected chi connectivity index (χ0v) is 24.8. The van der Waals surface area contributed by atoms with Crippen LogP contribution < -0.4 is 25.0 Å². The van der Waals surface area contributed by atoms with Gasteiger partial charge < -0.3 is 30.1 Å². The molecule has 3 aliphatic rings. The molecule has 7 rings (SSSR count). The first-order chi connectivity index (χ1) is 21.5. The molecular formula is C34H37N7O3. The van der Waals surface area contributed by atoms with Gasteiger partial charge in [-0.15, -0.1) is 10.2 Å². The Morgan fingerprint density at radius 3 is 2.50 bits per heavy atom. The van der Waals surface area contributed by atoms with Gasteiger partial charge in [-0.1, -0.05) is 30.3 Å². The van der Waals surface area contributed by atoms with Gasteiger partial charge in [0.15, 0.2) is 5.82 Å². The van der Waals surface area contributed by atoms with Gasteiger partial charge in [0.2, 0.25) is 5.88 Å². The van der Waals surface area contributed by atoms with Crippen molar-refractivity contribution in [2.45, 2.75) is 56.9 Å². The highest BCUT2D eigenvalue weighted by molar-refractivity contribution is 5.73. The number of hydrogen-bond acceptors (Lipinski definition) is 10. The number of aryl methyl sites for hydroxylation is 1. The number of hydrogen-bond donors (Lipinski definition) is 2. The van der Waals surface area contributed by atoms with Gasteiger partial charge in [0.1, 0.15) is 18.0 Å². The predicted molar refractivity (Wildman–Crippen MR) is 171 cm³/mol. The molecule has 3 aromatic heterocycles. The van der Waals surface area contributed by atoms with Crippen molar-refractivity contribution in [3.8, 4) is 22.9 Å². The van der Waals surface area contributed by atoms with Crippen LogP contribution >= 0.6 is 0 Å². The summed E-state index contributed by atoms with van der Waals surface area (Å²) in [5, 5.41) is 17.7. The van der Waals surface area contributed by atoms with E-state index in [1.54, 1.807) is 18.3 Å². The lowest BCUT2D eigenvalue weighted by atomic mass is 9.92. The minimum Gasteiger partial charge on any atom is -0.489 e. The van der Waals surface area contributed by atoms with E-state index in [9.17, 15) is 0 Å². The summed E-state index contributed by atoms with van der Waals surface area (Å²) in [7, 11) is 0. The van der Waals surface area contributed by atoms with Crippen LogP contribution in [0.2, 0.25) is 0 Å². The molecular weight excluding hydrogens is 554 g/mol. The lowest BCUT2D eigenvalue weighted by Gasteiger charge is -2.43. The zero-order valence-electron chi connectivity index (χ0n) is 24.8. The molecule has 1 saturated carbocycles. The van der Waals surface area contributed by atoms with Crippen molar-refractivity contribution >= 4 is 23.3 Å². The molecule has 2 bridgehead atoms. The van der Waals surface area contributed by atoms with Gasteiger partial charge in [0.25, 0.3) is 0 Å². The van der Waals surface area contributed by atoms with Crippen LogP contribution in [0.3, 0.4) is 0 Å². The number of nitrogens with two attached hydrogens (primary N) is 1. The minimum absolute atomic E-state index is 0.00513. The summed E-state index contributed by atoms with van der Waals surface area (Å²) in [6.45, 7) is 3.82. The first kappa shape index (κ1) is 28.1. The van der Waals surface area contributed by atoms with Crippen molar-refractivity contribution in [3.63, 3.8) is 0 Å². The van der Waals surface area contributed by atoms with Crippen molar-refractivity contribution in [3.05, 3.63) is 84.3 Å². The van der Waals surface area contributed by atoms with Crippen LogP contribution in [-0.4, -0.2) is 69.3 Å². The molecule has 2 atom stereocenters. The Hall–Kier alpha value is -4.70. The fourth-order valence-corrected chi connectivity index (χ4v) is 6.59. The Balaban J connectivity index is 0.974. The van der Waals surface area contributed by atoms with Gasteiger partial charge in [0, 0.05) is 61.5 Å². The van der Waals surface area contributed by atoms with Crippen LogP contribution in [0, 0.1) is 6.92 Å². The summed E-state index contributed by atoms with van der Waals surface area (Å²) in [6.07, 6.45) is 11.0. The van der Waals surface area contributed by atoms with Crippen molar-refractivity contribution in [1.82, 2.24) is 20.2 Å². The first-order valence-corrected chi connectivity index (χ1v) is 15.3. The standard InChI is InChI=1S/C34H37N7O3/c1-22-5-2-3-7-30(22)31-18-32(34(35)39-38-31)40-20-25-9-10-26(21-40)41(25)24-12-13-36-33(15-24)44-29-16-28(17-29)43-27-11-8-23(37-19-27)6-4-14-42/h2-8,11-13,15,18-19,25-26,28-29,42H,9-10,14,16-17,20-21H2,1H3,(H2,35,39). The summed E-state index contributed by atoms with van der Waals surface area (Å²) >= 11 is 0. The number of aromatic nitrogens is 4. The molecule has 2 aliphatic heterocycles. The van der Waals surface area contributed by atoms with Crippen molar-refractivity contribution in [2.75, 3.05) is 35.2 Å². The largest absolute Gasteiger partial charge is 0.489 e. The zero-order chi connectivity index (χ0) is 30.0. The number of pyridine rings is 2. The van der Waals surface area contributed by atoms with E-state index in [0.717, 1.165) is 72.8 Å². The number of benzene rings is 1. The topological polar surface area (TPSA) is 123 Å². The van der Waals surface area contributed by atoms with Crippen molar-refractivity contribution in [1.29, 1.82) is 0 Å². The summed E-state index contributed by atoms with van der Waals surface area (Å²) < 4.78 is 12.3. The fraction of sp³-hybridized carbons (Fsp3) is 0.353. The number of anilines is 3. The fourth-order valence-electron chi connectivity index (χ4n) is 6.59. The van der Waals surface area contributed by atoms with Crippen LogP contribution in [0.5, 0.6) is 11.6 Å². The molecule has 0 radical (unpaired) electrons. The number of aliphatic hydroxyl groups is 1. The Labute approximate surface area is 257 Å². The van der Waals surface area contributed by atoms with Gasteiger partial charge in [-0.25, -0.2) is 4.98 Å². The average Bonchev–Trinajstić information content (AvgIpc) is 3.29. The third-order valence-corrected chi connectivity index (χ3v) is 8.86. The average molecular weight is 592 g/mol. The van der Waals surface area contributed by atoms with E-state index in [1.165, 1.54) is 5.56 Å². The highest BCUT2D eigenvalue weighted by Gasteiger charge is 2.41. The van der Waals surface area contributed by atoms with Crippen LogP contribution in [-0.2, 0) is 0 Å². The second kappa shape index (κ2) is 12.1. The Bertz CT molecular complexity index is 1630. The molecule has 0 amide bonds. The highest BCUT2D eigenvalue weighted by atomic mass is 16.5. The molecule has 5 heterocycles. The second-order valence-corrected chi connectivity index (χ2v) is 11.8. The Morgan fingerprint density at radius 2 is 1.75 bits per heavy atom.